The third-order valence-corrected chi connectivity index (χ3v) is 6.09. The van der Waals surface area contributed by atoms with Crippen LogP contribution in [0, 0.1) is 5.92 Å². The number of methoxy groups -OCH3 is 1. The fourth-order valence-electron chi connectivity index (χ4n) is 2.91. The summed E-state index contributed by atoms with van der Waals surface area (Å²) in [6.45, 7) is 1.35. The maximum atomic E-state index is 13.0. The predicted molar refractivity (Wildman–Crippen MR) is 105 cm³/mol. The maximum absolute atomic E-state index is 13.0. The quantitative estimate of drug-likeness (QED) is 0.730. The number of hydrogen-bond acceptors (Lipinski definition) is 4. The molecule has 0 heterocycles. The van der Waals surface area contributed by atoms with Crippen molar-refractivity contribution in [1.29, 1.82) is 0 Å². The first-order valence-electron chi connectivity index (χ1n) is 8.53. The van der Waals surface area contributed by atoms with Crippen molar-refractivity contribution >= 4 is 33.2 Å². The number of ether oxygens (including phenoxy) is 1. The lowest BCUT2D eigenvalue weighted by molar-refractivity contribution is -0.114. The van der Waals surface area contributed by atoms with Crippen LogP contribution in [0.5, 0.6) is 5.75 Å². The van der Waals surface area contributed by atoms with Crippen LogP contribution in [-0.4, -0.2) is 21.4 Å². The van der Waals surface area contributed by atoms with E-state index in [1.54, 1.807) is 12.1 Å². The van der Waals surface area contributed by atoms with Gasteiger partial charge in [0.05, 0.1) is 17.7 Å². The summed E-state index contributed by atoms with van der Waals surface area (Å²) in [5, 5.41) is 3.20. The van der Waals surface area contributed by atoms with Crippen molar-refractivity contribution < 1.29 is 17.9 Å². The number of amides is 1. The number of halogens is 1. The van der Waals surface area contributed by atoms with Gasteiger partial charge in [-0.15, -0.1) is 0 Å². The molecule has 2 aromatic carbocycles. The molecule has 3 rings (SSSR count). The van der Waals surface area contributed by atoms with Gasteiger partial charge in [-0.25, -0.2) is 13.1 Å². The Morgan fingerprint density at radius 1 is 1.19 bits per heavy atom. The first-order chi connectivity index (χ1) is 12.8. The molecule has 0 bridgehead atoms. The Kier molecular flexibility index (Phi) is 5.74. The summed E-state index contributed by atoms with van der Waals surface area (Å²) in [6, 6.07) is 11.2. The van der Waals surface area contributed by atoms with Crippen LogP contribution in [0.25, 0.3) is 0 Å². The van der Waals surface area contributed by atoms with Gasteiger partial charge in [0.15, 0.2) is 0 Å². The number of anilines is 1. The van der Waals surface area contributed by atoms with E-state index < -0.39 is 10.0 Å². The van der Waals surface area contributed by atoms with Gasteiger partial charge in [0.1, 0.15) is 5.75 Å². The molecule has 2 aromatic rings. The number of carbonyl (C=O) groups excluding carboxylic acids is 1. The SMILES string of the molecule is COc1ccc(S(=O)(=O)NC(c2ccc(Cl)cc2)C2CC2)cc1NC(C)=O. The van der Waals surface area contributed by atoms with E-state index in [0.29, 0.717) is 16.5 Å². The molecule has 27 heavy (non-hydrogen) atoms. The van der Waals surface area contributed by atoms with Gasteiger partial charge in [-0.2, -0.15) is 0 Å². The van der Waals surface area contributed by atoms with Crippen LogP contribution in [0.1, 0.15) is 31.4 Å². The number of hydrogen-bond donors (Lipinski definition) is 2. The van der Waals surface area contributed by atoms with E-state index in [-0.39, 0.29) is 22.8 Å². The van der Waals surface area contributed by atoms with E-state index in [1.165, 1.54) is 32.2 Å². The highest BCUT2D eigenvalue weighted by Gasteiger charge is 2.35. The summed E-state index contributed by atoms with van der Waals surface area (Å²) in [4.78, 5) is 11.4. The van der Waals surface area contributed by atoms with Crippen LogP contribution in [-0.2, 0) is 14.8 Å². The summed E-state index contributed by atoms with van der Waals surface area (Å²) in [6.07, 6.45) is 1.94. The Morgan fingerprint density at radius 2 is 1.85 bits per heavy atom. The summed E-state index contributed by atoms with van der Waals surface area (Å²) >= 11 is 5.94. The van der Waals surface area contributed by atoms with Crippen molar-refractivity contribution in [3.05, 3.63) is 53.1 Å². The number of benzene rings is 2. The first-order valence-corrected chi connectivity index (χ1v) is 10.4. The second-order valence-corrected chi connectivity index (χ2v) is 8.68. The number of sulfonamides is 1. The van der Waals surface area contributed by atoms with Crippen LogP contribution in [0.15, 0.2) is 47.4 Å². The van der Waals surface area contributed by atoms with Gasteiger partial charge in [0.2, 0.25) is 15.9 Å². The number of nitrogens with one attached hydrogen (secondary N) is 2. The Morgan fingerprint density at radius 3 is 2.41 bits per heavy atom. The van der Waals surface area contributed by atoms with Gasteiger partial charge < -0.3 is 10.1 Å². The topological polar surface area (TPSA) is 84.5 Å². The van der Waals surface area contributed by atoms with Crippen molar-refractivity contribution in [3.8, 4) is 5.75 Å². The molecule has 0 spiro atoms. The van der Waals surface area contributed by atoms with E-state index in [9.17, 15) is 13.2 Å². The van der Waals surface area contributed by atoms with Crippen molar-refractivity contribution in [2.45, 2.75) is 30.7 Å². The Labute approximate surface area is 163 Å². The predicted octanol–water partition coefficient (Wildman–Crippen LogP) is 3.74. The van der Waals surface area contributed by atoms with Gasteiger partial charge >= 0.3 is 0 Å². The van der Waals surface area contributed by atoms with Crippen LogP contribution < -0.4 is 14.8 Å². The average molecular weight is 409 g/mol. The number of carbonyl (C=O) groups is 1. The highest BCUT2D eigenvalue weighted by Crippen LogP contribution is 2.42. The summed E-state index contributed by atoms with van der Waals surface area (Å²) in [5.41, 5.74) is 1.18. The number of rotatable bonds is 7. The molecular weight excluding hydrogens is 388 g/mol. The second kappa shape index (κ2) is 7.88. The molecule has 1 saturated carbocycles. The smallest absolute Gasteiger partial charge is 0.241 e. The molecule has 1 aliphatic carbocycles. The lowest BCUT2D eigenvalue weighted by atomic mass is 10.0. The standard InChI is InChI=1S/C19H21ClN2O4S/c1-12(23)21-17-11-16(9-10-18(17)26-2)27(24,25)22-19(13-3-4-13)14-5-7-15(20)8-6-14/h5-11,13,19,22H,3-4H2,1-2H3,(H,21,23). The lowest BCUT2D eigenvalue weighted by Gasteiger charge is -2.20. The van der Waals surface area contributed by atoms with E-state index >= 15 is 0 Å². The highest BCUT2D eigenvalue weighted by atomic mass is 35.5. The summed E-state index contributed by atoms with van der Waals surface area (Å²) in [5.74, 6) is 0.336. The van der Waals surface area contributed by atoms with Crippen molar-refractivity contribution in [3.63, 3.8) is 0 Å². The molecule has 144 valence electrons. The Hall–Kier alpha value is -2.09. The van der Waals surface area contributed by atoms with Crippen LogP contribution in [0.2, 0.25) is 5.02 Å². The van der Waals surface area contributed by atoms with E-state index in [1.807, 2.05) is 12.1 Å². The molecule has 1 fully saturated rings. The molecule has 1 atom stereocenters. The van der Waals surface area contributed by atoms with Gasteiger partial charge in [-0.1, -0.05) is 23.7 Å². The molecule has 0 saturated heterocycles. The van der Waals surface area contributed by atoms with Crippen molar-refractivity contribution in [2.75, 3.05) is 12.4 Å². The minimum Gasteiger partial charge on any atom is -0.495 e. The molecule has 1 amide bonds. The van der Waals surface area contributed by atoms with Gasteiger partial charge in [-0.05, 0) is 54.7 Å². The Balaban J connectivity index is 1.90. The molecular formula is C19H21ClN2O4S. The average Bonchev–Trinajstić information content (AvgIpc) is 3.45. The summed E-state index contributed by atoms with van der Waals surface area (Å²) < 4.78 is 33.9. The van der Waals surface area contributed by atoms with Crippen LogP contribution in [0.4, 0.5) is 5.69 Å². The second-order valence-electron chi connectivity index (χ2n) is 6.53. The zero-order chi connectivity index (χ0) is 19.6. The third kappa shape index (κ3) is 4.80. The normalized spacial score (nSPS) is 15.2. The molecule has 0 aliphatic heterocycles. The molecule has 2 N–H and O–H groups in total. The fraction of sp³-hybridized carbons (Fsp3) is 0.316. The zero-order valence-electron chi connectivity index (χ0n) is 15.0. The van der Waals surface area contributed by atoms with Crippen molar-refractivity contribution in [1.82, 2.24) is 4.72 Å². The minimum absolute atomic E-state index is 0.0617. The monoisotopic (exact) mass is 408 g/mol. The van der Waals surface area contributed by atoms with Crippen molar-refractivity contribution in [2.24, 2.45) is 5.92 Å². The fourth-order valence-corrected chi connectivity index (χ4v) is 4.36. The molecule has 6 nitrogen and oxygen atoms in total. The van der Waals surface area contributed by atoms with Crippen LogP contribution >= 0.6 is 11.6 Å². The minimum atomic E-state index is -3.80. The molecule has 1 unspecified atom stereocenters. The van der Waals surface area contributed by atoms with Gasteiger partial charge in [0, 0.05) is 18.0 Å². The lowest BCUT2D eigenvalue weighted by Crippen LogP contribution is -2.30. The van der Waals surface area contributed by atoms with E-state index in [0.717, 1.165) is 18.4 Å². The highest BCUT2D eigenvalue weighted by molar-refractivity contribution is 7.89. The van der Waals surface area contributed by atoms with E-state index in [4.69, 9.17) is 16.3 Å². The van der Waals surface area contributed by atoms with Crippen LogP contribution in [0.3, 0.4) is 0 Å². The molecule has 8 heteroatoms. The maximum Gasteiger partial charge on any atom is 0.241 e. The Bertz CT molecular complexity index is 941. The first kappa shape index (κ1) is 19.7. The van der Waals surface area contributed by atoms with Gasteiger partial charge in [-0.3, -0.25) is 4.79 Å². The molecule has 1 aliphatic rings. The summed E-state index contributed by atoms with van der Waals surface area (Å²) in [7, 11) is -2.34. The molecule has 0 aromatic heterocycles. The largest absolute Gasteiger partial charge is 0.495 e. The third-order valence-electron chi connectivity index (χ3n) is 4.40. The molecule has 0 radical (unpaired) electrons. The van der Waals surface area contributed by atoms with Gasteiger partial charge in [0.25, 0.3) is 0 Å². The van der Waals surface area contributed by atoms with E-state index in [2.05, 4.69) is 10.0 Å². The zero-order valence-corrected chi connectivity index (χ0v) is 16.6.